The zero-order valence-electron chi connectivity index (χ0n) is 15.5. The molecular formula is C20H22N2O5. The van der Waals surface area contributed by atoms with E-state index < -0.39 is 18.5 Å². The zero-order valence-corrected chi connectivity index (χ0v) is 15.5. The first kappa shape index (κ1) is 20.0. The van der Waals surface area contributed by atoms with Gasteiger partial charge in [-0.15, -0.1) is 0 Å². The number of ether oxygens (including phenoxy) is 2. The number of aryl methyl sites for hydroxylation is 1. The average molecular weight is 370 g/mol. The Kier molecular flexibility index (Phi) is 6.93. The van der Waals surface area contributed by atoms with Crippen molar-refractivity contribution in [3.8, 4) is 5.75 Å². The number of carbonyl (C=O) groups is 3. The van der Waals surface area contributed by atoms with Crippen LogP contribution in [0.25, 0.3) is 0 Å². The van der Waals surface area contributed by atoms with Gasteiger partial charge in [0.25, 0.3) is 5.91 Å². The van der Waals surface area contributed by atoms with Gasteiger partial charge in [-0.05, 0) is 30.7 Å². The number of nitrogens with one attached hydrogen (secondary N) is 1. The van der Waals surface area contributed by atoms with Crippen molar-refractivity contribution in [1.29, 1.82) is 0 Å². The minimum atomic E-state index is -0.573. The van der Waals surface area contributed by atoms with Crippen LogP contribution in [-0.4, -0.2) is 50.0 Å². The van der Waals surface area contributed by atoms with Gasteiger partial charge in [0.15, 0.2) is 6.61 Å². The lowest BCUT2D eigenvalue weighted by Crippen LogP contribution is -2.37. The summed E-state index contributed by atoms with van der Waals surface area (Å²) in [5, 5.41) is 2.68. The smallest absolute Gasteiger partial charge is 0.338 e. The Morgan fingerprint density at radius 1 is 1.07 bits per heavy atom. The van der Waals surface area contributed by atoms with Crippen LogP contribution in [0.15, 0.2) is 48.5 Å². The predicted molar refractivity (Wildman–Crippen MR) is 101 cm³/mol. The summed E-state index contributed by atoms with van der Waals surface area (Å²) in [5.41, 5.74) is 1.73. The molecule has 0 atom stereocenters. The SMILES string of the molecule is COc1cccc(NC(=O)CN(C)C(=O)COC(=O)c2ccccc2C)c1. The molecule has 0 fully saturated rings. The molecule has 0 heterocycles. The largest absolute Gasteiger partial charge is 0.497 e. The summed E-state index contributed by atoms with van der Waals surface area (Å²) in [5.74, 6) is -0.807. The predicted octanol–water partition coefficient (Wildman–Crippen LogP) is 2.26. The molecule has 2 rings (SSSR count). The first-order chi connectivity index (χ1) is 12.9. The molecule has 0 aliphatic carbocycles. The van der Waals surface area contributed by atoms with Gasteiger partial charge in [0.05, 0.1) is 19.2 Å². The van der Waals surface area contributed by atoms with Crippen LogP contribution in [0.4, 0.5) is 5.69 Å². The average Bonchev–Trinajstić information content (AvgIpc) is 2.66. The molecule has 0 aromatic heterocycles. The summed E-state index contributed by atoms with van der Waals surface area (Å²) in [6, 6.07) is 13.8. The molecule has 0 bridgehead atoms. The van der Waals surface area contributed by atoms with Gasteiger partial charge in [-0.1, -0.05) is 24.3 Å². The number of esters is 1. The Morgan fingerprint density at radius 2 is 1.81 bits per heavy atom. The molecule has 0 saturated heterocycles. The van der Waals surface area contributed by atoms with E-state index in [1.54, 1.807) is 49.4 Å². The minimum absolute atomic E-state index is 0.169. The normalized spacial score (nSPS) is 10.0. The van der Waals surface area contributed by atoms with Crippen molar-refractivity contribution in [2.75, 3.05) is 32.6 Å². The topological polar surface area (TPSA) is 84.9 Å². The van der Waals surface area contributed by atoms with Crippen LogP contribution in [0.5, 0.6) is 5.75 Å². The Morgan fingerprint density at radius 3 is 2.52 bits per heavy atom. The van der Waals surface area contributed by atoms with E-state index in [0.29, 0.717) is 17.0 Å². The third kappa shape index (κ3) is 5.85. The Labute approximate surface area is 157 Å². The van der Waals surface area contributed by atoms with Gasteiger partial charge in [-0.2, -0.15) is 0 Å². The minimum Gasteiger partial charge on any atom is -0.497 e. The number of anilines is 1. The highest BCUT2D eigenvalue weighted by atomic mass is 16.5. The number of nitrogens with zero attached hydrogens (tertiary/aromatic N) is 1. The summed E-state index contributed by atoms with van der Waals surface area (Å²) < 4.78 is 10.1. The van der Waals surface area contributed by atoms with Crippen LogP contribution in [0.3, 0.4) is 0 Å². The number of methoxy groups -OCH3 is 1. The van der Waals surface area contributed by atoms with E-state index in [9.17, 15) is 14.4 Å². The van der Waals surface area contributed by atoms with E-state index in [2.05, 4.69) is 5.32 Å². The summed E-state index contributed by atoms with van der Waals surface area (Å²) in [6.45, 7) is 1.18. The second-order valence-electron chi connectivity index (χ2n) is 5.92. The van der Waals surface area contributed by atoms with Crippen molar-refractivity contribution in [3.05, 3.63) is 59.7 Å². The van der Waals surface area contributed by atoms with Gasteiger partial charge >= 0.3 is 5.97 Å². The molecule has 2 aromatic rings. The third-order valence-electron chi connectivity index (χ3n) is 3.85. The molecule has 7 heteroatoms. The lowest BCUT2D eigenvalue weighted by Gasteiger charge is -2.17. The second kappa shape index (κ2) is 9.38. The second-order valence-corrected chi connectivity index (χ2v) is 5.92. The van der Waals surface area contributed by atoms with Crippen LogP contribution in [0.1, 0.15) is 15.9 Å². The molecule has 2 amide bonds. The van der Waals surface area contributed by atoms with Crippen LogP contribution in [0, 0.1) is 6.92 Å². The van der Waals surface area contributed by atoms with Gasteiger partial charge in [0.2, 0.25) is 5.91 Å². The molecular weight excluding hydrogens is 348 g/mol. The summed E-state index contributed by atoms with van der Waals surface area (Å²) >= 11 is 0. The maximum Gasteiger partial charge on any atom is 0.338 e. The first-order valence-electron chi connectivity index (χ1n) is 8.31. The fraction of sp³-hybridized carbons (Fsp3) is 0.250. The van der Waals surface area contributed by atoms with E-state index in [1.807, 2.05) is 6.07 Å². The highest BCUT2D eigenvalue weighted by molar-refractivity contribution is 5.96. The molecule has 0 saturated carbocycles. The van der Waals surface area contributed by atoms with Crippen LogP contribution < -0.4 is 10.1 Å². The van der Waals surface area contributed by atoms with E-state index in [0.717, 1.165) is 5.56 Å². The lowest BCUT2D eigenvalue weighted by atomic mass is 10.1. The summed E-state index contributed by atoms with van der Waals surface area (Å²) in [4.78, 5) is 37.4. The highest BCUT2D eigenvalue weighted by Crippen LogP contribution is 2.16. The number of hydrogen-bond donors (Lipinski definition) is 1. The Balaban J connectivity index is 1.83. The van der Waals surface area contributed by atoms with Gasteiger partial charge in [-0.3, -0.25) is 9.59 Å². The highest BCUT2D eigenvalue weighted by Gasteiger charge is 2.17. The molecule has 0 unspecified atom stereocenters. The van der Waals surface area contributed by atoms with Gasteiger partial charge in [0.1, 0.15) is 5.75 Å². The number of likely N-dealkylation sites (N-methyl/N-ethyl adjacent to an activating group) is 1. The standard InChI is InChI=1S/C20H22N2O5/c1-14-7-4-5-10-17(14)20(25)27-13-19(24)22(2)12-18(23)21-15-8-6-9-16(11-15)26-3/h4-11H,12-13H2,1-3H3,(H,21,23). The molecule has 0 aliphatic rings. The number of amides is 2. The monoisotopic (exact) mass is 370 g/mol. The van der Waals surface area contributed by atoms with Gasteiger partial charge in [-0.25, -0.2) is 4.79 Å². The molecule has 0 aliphatic heterocycles. The fourth-order valence-electron chi connectivity index (χ4n) is 2.32. The van der Waals surface area contributed by atoms with E-state index in [4.69, 9.17) is 9.47 Å². The maximum absolute atomic E-state index is 12.1. The van der Waals surface area contributed by atoms with Crippen LogP contribution in [0.2, 0.25) is 0 Å². The number of carbonyl (C=O) groups excluding carboxylic acids is 3. The molecule has 7 nitrogen and oxygen atoms in total. The van der Waals surface area contributed by atoms with Crippen molar-refractivity contribution in [2.45, 2.75) is 6.92 Å². The van der Waals surface area contributed by atoms with Crippen molar-refractivity contribution in [3.63, 3.8) is 0 Å². The maximum atomic E-state index is 12.1. The van der Waals surface area contributed by atoms with E-state index >= 15 is 0 Å². The molecule has 1 N–H and O–H groups in total. The number of hydrogen-bond acceptors (Lipinski definition) is 5. The fourth-order valence-corrected chi connectivity index (χ4v) is 2.32. The molecule has 0 radical (unpaired) electrons. The molecule has 0 spiro atoms. The van der Waals surface area contributed by atoms with Gasteiger partial charge < -0.3 is 19.7 Å². The van der Waals surface area contributed by atoms with E-state index in [-0.39, 0.29) is 12.5 Å². The number of rotatable bonds is 7. The molecule has 27 heavy (non-hydrogen) atoms. The van der Waals surface area contributed by atoms with Gasteiger partial charge in [0, 0.05) is 18.8 Å². The molecule has 142 valence electrons. The van der Waals surface area contributed by atoms with Crippen molar-refractivity contribution >= 4 is 23.5 Å². The summed E-state index contributed by atoms with van der Waals surface area (Å²) in [6.07, 6.45) is 0. The Bertz CT molecular complexity index is 835. The number of benzene rings is 2. The van der Waals surface area contributed by atoms with Crippen molar-refractivity contribution in [1.82, 2.24) is 4.90 Å². The summed E-state index contributed by atoms with van der Waals surface area (Å²) in [7, 11) is 3.00. The Hall–Kier alpha value is -3.35. The third-order valence-corrected chi connectivity index (χ3v) is 3.85. The molecule has 2 aromatic carbocycles. The van der Waals surface area contributed by atoms with Crippen molar-refractivity contribution in [2.24, 2.45) is 0 Å². The lowest BCUT2D eigenvalue weighted by molar-refractivity contribution is -0.136. The quantitative estimate of drug-likeness (QED) is 0.756. The zero-order chi connectivity index (χ0) is 19.8. The van der Waals surface area contributed by atoms with Crippen LogP contribution >= 0.6 is 0 Å². The first-order valence-corrected chi connectivity index (χ1v) is 8.31. The van der Waals surface area contributed by atoms with Crippen molar-refractivity contribution < 1.29 is 23.9 Å². The van der Waals surface area contributed by atoms with Crippen LogP contribution in [-0.2, 0) is 14.3 Å². The van der Waals surface area contributed by atoms with E-state index in [1.165, 1.54) is 19.1 Å².